The van der Waals surface area contributed by atoms with Crippen molar-refractivity contribution in [3.05, 3.63) is 28.8 Å². The van der Waals surface area contributed by atoms with Gasteiger partial charge in [0.15, 0.2) is 0 Å². The summed E-state index contributed by atoms with van der Waals surface area (Å²) in [5, 5.41) is 0. The lowest BCUT2D eigenvalue weighted by Crippen LogP contribution is -2.01. The molecule has 0 atom stereocenters. The predicted molar refractivity (Wildman–Crippen MR) is 55.9 cm³/mol. The summed E-state index contributed by atoms with van der Waals surface area (Å²) in [5.74, 6) is 0.932. The van der Waals surface area contributed by atoms with Gasteiger partial charge >= 0.3 is 0 Å². The van der Waals surface area contributed by atoms with Gasteiger partial charge in [-0.3, -0.25) is 4.79 Å². The van der Waals surface area contributed by atoms with Gasteiger partial charge in [-0.25, -0.2) is 0 Å². The van der Waals surface area contributed by atoms with Crippen molar-refractivity contribution < 1.29 is 14.3 Å². The molecule has 1 aliphatic heterocycles. The molecule has 0 saturated heterocycles. The summed E-state index contributed by atoms with van der Waals surface area (Å²) in [7, 11) is 1.63. The van der Waals surface area contributed by atoms with Crippen LogP contribution < -0.4 is 4.74 Å². The third-order valence-electron chi connectivity index (χ3n) is 2.56. The lowest BCUT2D eigenvalue weighted by molar-refractivity contribution is -0.116. The molecule has 0 aromatic heterocycles. The van der Waals surface area contributed by atoms with Gasteiger partial charge in [-0.05, 0) is 30.2 Å². The second-order valence-electron chi connectivity index (χ2n) is 3.80. The average molecular weight is 206 g/mol. The second-order valence-corrected chi connectivity index (χ2v) is 3.80. The maximum absolute atomic E-state index is 11.1. The monoisotopic (exact) mass is 206 g/mol. The summed E-state index contributed by atoms with van der Waals surface area (Å²) in [6.07, 6.45) is 0.427. The molecule has 3 heteroatoms. The second kappa shape index (κ2) is 4.03. The Morgan fingerprint density at radius 2 is 2.07 bits per heavy atom. The number of Topliss-reactive ketones (excluding diaryl/α,β-unsaturated/α-hetero) is 1. The molecule has 1 aromatic rings. The van der Waals surface area contributed by atoms with Gasteiger partial charge in [0.05, 0.1) is 20.3 Å². The number of ketones is 1. The fraction of sp³-hybridized carbons (Fsp3) is 0.417. The van der Waals surface area contributed by atoms with Crippen molar-refractivity contribution in [2.24, 2.45) is 0 Å². The van der Waals surface area contributed by atoms with Crippen molar-refractivity contribution in [3.8, 4) is 5.75 Å². The maximum atomic E-state index is 11.1. The number of fused-ring (bicyclic) bond motifs is 1. The van der Waals surface area contributed by atoms with Crippen LogP contribution in [0.25, 0.3) is 0 Å². The average Bonchev–Trinajstić information content (AvgIpc) is 2.62. The van der Waals surface area contributed by atoms with Gasteiger partial charge in [0.25, 0.3) is 0 Å². The van der Waals surface area contributed by atoms with Crippen molar-refractivity contribution in [1.29, 1.82) is 0 Å². The van der Waals surface area contributed by atoms with Crippen LogP contribution >= 0.6 is 0 Å². The molecule has 0 radical (unpaired) electrons. The molecule has 0 saturated carbocycles. The van der Waals surface area contributed by atoms with Gasteiger partial charge in [-0.15, -0.1) is 0 Å². The molecule has 2 rings (SSSR count). The van der Waals surface area contributed by atoms with Crippen LogP contribution in [-0.2, 0) is 29.2 Å². The minimum Gasteiger partial charge on any atom is -0.496 e. The lowest BCUT2D eigenvalue weighted by Gasteiger charge is -2.09. The van der Waals surface area contributed by atoms with Gasteiger partial charge in [0, 0.05) is 12.0 Å². The molecule has 0 bridgehead atoms. The first kappa shape index (κ1) is 10.2. The number of hydrogen-bond donors (Lipinski definition) is 0. The normalized spacial score (nSPS) is 13.7. The van der Waals surface area contributed by atoms with Crippen LogP contribution in [0.3, 0.4) is 0 Å². The highest BCUT2D eigenvalue weighted by Gasteiger charge is 2.16. The van der Waals surface area contributed by atoms with Crippen molar-refractivity contribution in [2.45, 2.75) is 26.6 Å². The van der Waals surface area contributed by atoms with Gasteiger partial charge in [-0.1, -0.05) is 0 Å². The minimum absolute atomic E-state index is 0.146. The van der Waals surface area contributed by atoms with E-state index in [0.717, 1.165) is 11.3 Å². The van der Waals surface area contributed by atoms with Crippen LogP contribution in [-0.4, -0.2) is 12.9 Å². The largest absolute Gasteiger partial charge is 0.496 e. The molecule has 0 amide bonds. The Balaban J connectivity index is 2.39. The van der Waals surface area contributed by atoms with E-state index in [-0.39, 0.29) is 5.78 Å². The Bertz CT molecular complexity index is 396. The highest BCUT2D eigenvalue weighted by Crippen LogP contribution is 2.29. The van der Waals surface area contributed by atoms with E-state index in [1.807, 2.05) is 12.1 Å². The van der Waals surface area contributed by atoms with Gasteiger partial charge in [0.1, 0.15) is 11.5 Å². The first-order valence-electron chi connectivity index (χ1n) is 4.96. The van der Waals surface area contributed by atoms with E-state index in [2.05, 4.69) is 0 Å². The zero-order valence-electron chi connectivity index (χ0n) is 9.00. The number of rotatable bonds is 3. The molecular formula is C12H14O3. The van der Waals surface area contributed by atoms with E-state index in [4.69, 9.17) is 9.47 Å². The van der Waals surface area contributed by atoms with E-state index in [0.29, 0.717) is 19.6 Å². The van der Waals surface area contributed by atoms with Crippen molar-refractivity contribution >= 4 is 5.78 Å². The third-order valence-corrected chi connectivity index (χ3v) is 2.56. The van der Waals surface area contributed by atoms with Gasteiger partial charge in [0.2, 0.25) is 0 Å². The number of carbonyl (C=O) groups is 1. The lowest BCUT2D eigenvalue weighted by atomic mass is 10.0. The van der Waals surface area contributed by atoms with Gasteiger partial charge < -0.3 is 9.47 Å². The summed E-state index contributed by atoms with van der Waals surface area (Å²) in [6.45, 7) is 2.87. The zero-order valence-corrected chi connectivity index (χ0v) is 9.00. The van der Waals surface area contributed by atoms with Crippen LogP contribution in [0.5, 0.6) is 5.75 Å². The van der Waals surface area contributed by atoms with Crippen LogP contribution in [0.1, 0.15) is 23.6 Å². The van der Waals surface area contributed by atoms with E-state index in [1.165, 1.54) is 11.1 Å². The molecular weight excluding hydrogens is 192 g/mol. The molecule has 0 unspecified atom stereocenters. The standard InChI is InChI=1S/C12H14O3/c1-8(13)3-9-4-10-6-15-7-11(10)5-12(9)14-2/h4-5H,3,6-7H2,1-2H3. The number of carbonyl (C=O) groups excluding carboxylic acids is 1. The topological polar surface area (TPSA) is 35.5 Å². The van der Waals surface area contributed by atoms with Crippen LogP contribution in [0, 0.1) is 0 Å². The van der Waals surface area contributed by atoms with E-state index < -0.39 is 0 Å². The quantitative estimate of drug-likeness (QED) is 0.757. The molecule has 0 aliphatic carbocycles. The first-order chi connectivity index (χ1) is 7.20. The Labute approximate surface area is 89.0 Å². The Kier molecular flexibility index (Phi) is 2.73. The van der Waals surface area contributed by atoms with Crippen molar-refractivity contribution in [2.75, 3.05) is 7.11 Å². The molecule has 80 valence electrons. The molecule has 0 spiro atoms. The highest BCUT2D eigenvalue weighted by atomic mass is 16.5. The van der Waals surface area contributed by atoms with Crippen LogP contribution in [0.2, 0.25) is 0 Å². The van der Waals surface area contributed by atoms with Crippen molar-refractivity contribution in [3.63, 3.8) is 0 Å². The minimum atomic E-state index is 0.146. The molecule has 0 N–H and O–H groups in total. The van der Waals surface area contributed by atoms with E-state index >= 15 is 0 Å². The molecule has 3 nitrogen and oxygen atoms in total. The fourth-order valence-electron chi connectivity index (χ4n) is 1.85. The number of hydrogen-bond acceptors (Lipinski definition) is 3. The zero-order chi connectivity index (χ0) is 10.8. The van der Waals surface area contributed by atoms with Crippen molar-refractivity contribution in [1.82, 2.24) is 0 Å². The number of methoxy groups -OCH3 is 1. The SMILES string of the molecule is COc1cc2c(cc1CC(C)=O)COC2. The molecule has 15 heavy (non-hydrogen) atoms. The summed E-state index contributed by atoms with van der Waals surface area (Å²) in [6, 6.07) is 3.99. The predicted octanol–water partition coefficient (Wildman–Crippen LogP) is 1.86. The summed E-state index contributed by atoms with van der Waals surface area (Å²) in [5.41, 5.74) is 3.29. The third kappa shape index (κ3) is 2.02. The van der Waals surface area contributed by atoms with E-state index in [9.17, 15) is 4.79 Å². The van der Waals surface area contributed by atoms with E-state index in [1.54, 1.807) is 14.0 Å². The summed E-state index contributed by atoms with van der Waals surface area (Å²) in [4.78, 5) is 11.1. The Hall–Kier alpha value is -1.35. The number of benzene rings is 1. The highest BCUT2D eigenvalue weighted by molar-refractivity contribution is 5.79. The summed E-state index contributed by atoms with van der Waals surface area (Å²) < 4.78 is 10.6. The maximum Gasteiger partial charge on any atom is 0.134 e. The van der Waals surface area contributed by atoms with Crippen LogP contribution in [0.15, 0.2) is 12.1 Å². The molecule has 0 fully saturated rings. The Morgan fingerprint density at radius 3 is 2.67 bits per heavy atom. The Morgan fingerprint density at radius 1 is 1.40 bits per heavy atom. The van der Waals surface area contributed by atoms with Gasteiger partial charge in [-0.2, -0.15) is 0 Å². The smallest absolute Gasteiger partial charge is 0.134 e. The molecule has 1 heterocycles. The summed E-state index contributed by atoms with van der Waals surface area (Å²) >= 11 is 0. The molecule has 1 aliphatic rings. The van der Waals surface area contributed by atoms with Crippen LogP contribution in [0.4, 0.5) is 0 Å². The molecule has 1 aromatic carbocycles. The fourth-order valence-corrected chi connectivity index (χ4v) is 1.85. The number of ether oxygens (including phenoxy) is 2. The first-order valence-corrected chi connectivity index (χ1v) is 4.96.